The Morgan fingerprint density at radius 1 is 1.29 bits per heavy atom. The lowest BCUT2D eigenvalue weighted by atomic mass is 9.89. The summed E-state index contributed by atoms with van der Waals surface area (Å²) >= 11 is 16.6. The van der Waals surface area contributed by atoms with Crippen LogP contribution in [-0.4, -0.2) is 16.9 Å². The van der Waals surface area contributed by atoms with Gasteiger partial charge in [0.05, 0.1) is 13.5 Å². The lowest BCUT2D eigenvalue weighted by Crippen LogP contribution is -2.16. The van der Waals surface area contributed by atoms with E-state index in [4.69, 9.17) is 34.8 Å². The van der Waals surface area contributed by atoms with Gasteiger partial charge in [0.15, 0.2) is 0 Å². The molecule has 0 rings (SSSR count). The summed E-state index contributed by atoms with van der Waals surface area (Å²) in [5, 5.41) is 0. The molecule has 0 saturated carbocycles. The van der Waals surface area contributed by atoms with E-state index in [9.17, 15) is 4.79 Å². The number of esters is 1. The zero-order valence-electron chi connectivity index (χ0n) is 8.31. The normalized spacial score (nSPS) is 13.3. The van der Waals surface area contributed by atoms with Gasteiger partial charge in [-0.3, -0.25) is 4.79 Å². The first-order chi connectivity index (χ1) is 6.16. The molecule has 0 atom stereocenters. The summed E-state index contributed by atoms with van der Waals surface area (Å²) in [5.74, 6) is -0.288. The van der Waals surface area contributed by atoms with Gasteiger partial charge in [-0.2, -0.15) is 0 Å². The third kappa shape index (κ3) is 7.48. The Labute approximate surface area is 99.2 Å². The predicted molar refractivity (Wildman–Crippen MR) is 59.8 cm³/mol. The minimum absolute atomic E-state index is 0.251. The van der Waals surface area contributed by atoms with E-state index in [0.29, 0.717) is 0 Å². The highest BCUT2D eigenvalue weighted by molar-refractivity contribution is 6.68. The van der Waals surface area contributed by atoms with Gasteiger partial charge in [-0.05, 0) is 11.5 Å². The van der Waals surface area contributed by atoms with E-state index in [0.717, 1.165) is 0 Å². The Kier molecular flexibility index (Phi) is 5.27. The number of halogens is 3. The van der Waals surface area contributed by atoms with E-state index in [2.05, 4.69) is 4.74 Å². The average Bonchev–Trinajstić information content (AvgIpc) is 1.99. The average molecular weight is 260 g/mol. The molecule has 0 aromatic rings. The van der Waals surface area contributed by atoms with Gasteiger partial charge in [0.25, 0.3) is 0 Å². The zero-order chi connectivity index (χ0) is 11.4. The maximum absolute atomic E-state index is 11.0. The van der Waals surface area contributed by atoms with E-state index in [1.54, 1.807) is 6.08 Å². The van der Waals surface area contributed by atoms with Crippen molar-refractivity contribution in [2.45, 2.75) is 24.1 Å². The van der Waals surface area contributed by atoms with Gasteiger partial charge < -0.3 is 4.74 Å². The number of alkyl halides is 3. The first kappa shape index (κ1) is 14.1. The topological polar surface area (TPSA) is 26.3 Å². The fourth-order valence-electron chi connectivity index (χ4n) is 0.823. The monoisotopic (exact) mass is 258 g/mol. The second-order valence-electron chi connectivity index (χ2n) is 3.62. The van der Waals surface area contributed by atoms with Crippen molar-refractivity contribution in [2.24, 2.45) is 5.41 Å². The van der Waals surface area contributed by atoms with E-state index < -0.39 is 3.79 Å². The fourth-order valence-corrected chi connectivity index (χ4v) is 1.01. The minimum Gasteiger partial charge on any atom is -0.469 e. The number of hydrogen-bond donors (Lipinski definition) is 0. The molecule has 0 aliphatic carbocycles. The number of ether oxygens (including phenoxy) is 1. The van der Waals surface area contributed by atoms with E-state index in [-0.39, 0.29) is 17.8 Å². The van der Waals surface area contributed by atoms with Crippen LogP contribution in [0.4, 0.5) is 0 Å². The predicted octanol–water partition coefficient (Wildman–Crippen LogP) is 3.50. The summed E-state index contributed by atoms with van der Waals surface area (Å²) in [7, 11) is 1.34. The van der Waals surface area contributed by atoms with Crippen molar-refractivity contribution in [3.63, 3.8) is 0 Å². The molecule has 0 aliphatic rings. The summed E-state index contributed by atoms with van der Waals surface area (Å²) < 4.78 is 3.12. The van der Waals surface area contributed by atoms with Gasteiger partial charge in [0.1, 0.15) is 0 Å². The molecule has 0 heterocycles. The van der Waals surface area contributed by atoms with E-state index >= 15 is 0 Å². The zero-order valence-corrected chi connectivity index (χ0v) is 10.6. The first-order valence-corrected chi connectivity index (χ1v) is 5.14. The van der Waals surface area contributed by atoms with Gasteiger partial charge >= 0.3 is 5.97 Å². The highest BCUT2D eigenvalue weighted by Gasteiger charge is 2.22. The third-order valence-electron chi connectivity index (χ3n) is 1.55. The molecule has 0 spiro atoms. The Hall–Kier alpha value is 0.0800. The standard InChI is InChI=1S/C9H13Cl3O2/c1-8(2,6-7(13)14-3)4-5-9(10,11)12/h4-5H,6H2,1-3H3. The van der Waals surface area contributed by atoms with Gasteiger partial charge in [0.2, 0.25) is 3.79 Å². The highest BCUT2D eigenvalue weighted by atomic mass is 35.6. The fraction of sp³-hybridized carbons (Fsp3) is 0.667. The number of rotatable bonds is 3. The summed E-state index contributed by atoms with van der Waals surface area (Å²) in [6.45, 7) is 3.72. The van der Waals surface area contributed by atoms with Crippen LogP contribution in [0.3, 0.4) is 0 Å². The van der Waals surface area contributed by atoms with Gasteiger partial charge in [-0.25, -0.2) is 0 Å². The molecule has 0 saturated heterocycles. The van der Waals surface area contributed by atoms with Crippen molar-refractivity contribution >= 4 is 40.8 Å². The Bertz CT molecular complexity index is 229. The summed E-state index contributed by atoms with van der Waals surface area (Å²) in [6, 6.07) is 0. The molecule has 0 bridgehead atoms. The van der Waals surface area contributed by atoms with Crippen molar-refractivity contribution < 1.29 is 9.53 Å². The quantitative estimate of drug-likeness (QED) is 0.440. The number of hydrogen-bond acceptors (Lipinski definition) is 2. The Morgan fingerprint density at radius 3 is 2.14 bits per heavy atom. The molecule has 0 unspecified atom stereocenters. The molecule has 0 aromatic carbocycles. The van der Waals surface area contributed by atoms with E-state index in [1.807, 2.05) is 13.8 Å². The lowest BCUT2D eigenvalue weighted by molar-refractivity contribution is -0.142. The molecule has 0 fully saturated rings. The molecule has 0 N–H and O–H groups in total. The van der Waals surface area contributed by atoms with Crippen molar-refractivity contribution in [3.05, 3.63) is 12.2 Å². The molecule has 5 heteroatoms. The Balaban J connectivity index is 4.34. The smallest absolute Gasteiger partial charge is 0.306 e. The van der Waals surface area contributed by atoms with Crippen LogP contribution in [0.1, 0.15) is 20.3 Å². The van der Waals surface area contributed by atoms with Crippen LogP contribution in [0.25, 0.3) is 0 Å². The van der Waals surface area contributed by atoms with Crippen LogP contribution in [0, 0.1) is 5.41 Å². The van der Waals surface area contributed by atoms with E-state index in [1.165, 1.54) is 13.2 Å². The molecule has 2 nitrogen and oxygen atoms in total. The maximum atomic E-state index is 11.0. The van der Waals surface area contributed by atoms with Crippen LogP contribution in [-0.2, 0) is 9.53 Å². The molecule has 0 amide bonds. The molecule has 14 heavy (non-hydrogen) atoms. The number of allylic oxidation sites excluding steroid dienone is 2. The second kappa shape index (κ2) is 5.24. The summed E-state index contributed by atoms with van der Waals surface area (Å²) in [6.07, 6.45) is 3.37. The third-order valence-corrected chi connectivity index (χ3v) is 1.93. The molecule has 0 radical (unpaired) electrons. The molecular weight excluding hydrogens is 246 g/mol. The molecular formula is C9H13Cl3O2. The van der Waals surface area contributed by atoms with Crippen LogP contribution >= 0.6 is 34.8 Å². The van der Waals surface area contributed by atoms with Crippen LogP contribution < -0.4 is 0 Å². The van der Waals surface area contributed by atoms with Crippen LogP contribution in [0.5, 0.6) is 0 Å². The maximum Gasteiger partial charge on any atom is 0.306 e. The Morgan fingerprint density at radius 2 is 1.79 bits per heavy atom. The van der Waals surface area contributed by atoms with Gasteiger partial charge in [-0.1, -0.05) is 54.7 Å². The van der Waals surface area contributed by atoms with Crippen molar-refractivity contribution in [1.82, 2.24) is 0 Å². The summed E-state index contributed by atoms with van der Waals surface area (Å²) in [4.78, 5) is 11.0. The molecule has 0 aliphatic heterocycles. The second-order valence-corrected chi connectivity index (χ2v) is 5.99. The minimum atomic E-state index is -1.42. The SMILES string of the molecule is COC(=O)CC(C)(C)C=CC(Cl)(Cl)Cl. The molecule has 82 valence electrons. The molecule has 0 aromatic heterocycles. The number of carbonyl (C=O) groups is 1. The first-order valence-electron chi connectivity index (χ1n) is 4.00. The van der Waals surface area contributed by atoms with Crippen LogP contribution in [0.2, 0.25) is 0 Å². The number of methoxy groups -OCH3 is 1. The van der Waals surface area contributed by atoms with Crippen molar-refractivity contribution in [3.8, 4) is 0 Å². The summed E-state index contributed by atoms with van der Waals surface area (Å²) in [5.41, 5.74) is -0.378. The van der Waals surface area contributed by atoms with Crippen molar-refractivity contribution in [2.75, 3.05) is 7.11 Å². The van der Waals surface area contributed by atoms with Crippen LogP contribution in [0.15, 0.2) is 12.2 Å². The number of carbonyl (C=O) groups excluding carboxylic acids is 1. The van der Waals surface area contributed by atoms with Gasteiger partial charge in [0, 0.05) is 0 Å². The highest BCUT2D eigenvalue weighted by Crippen LogP contribution is 2.31. The van der Waals surface area contributed by atoms with Gasteiger partial charge in [-0.15, -0.1) is 0 Å². The van der Waals surface area contributed by atoms with Crippen molar-refractivity contribution in [1.29, 1.82) is 0 Å². The largest absolute Gasteiger partial charge is 0.469 e. The lowest BCUT2D eigenvalue weighted by Gasteiger charge is -2.19.